The molecule has 1 N–H and O–H groups in total. The van der Waals surface area contributed by atoms with E-state index in [9.17, 15) is 0 Å². The normalized spacial score (nSPS) is 16.1. The summed E-state index contributed by atoms with van der Waals surface area (Å²) in [6.07, 6.45) is 2.05. The first kappa shape index (κ1) is 19.6. The van der Waals surface area contributed by atoms with E-state index in [2.05, 4.69) is 49.5 Å². The Morgan fingerprint density at radius 2 is 1.93 bits per heavy atom. The quantitative estimate of drug-likeness (QED) is 0.729. The molecule has 0 aromatic heterocycles. The van der Waals surface area contributed by atoms with Gasteiger partial charge in [-0.3, -0.25) is 0 Å². The van der Waals surface area contributed by atoms with Gasteiger partial charge in [0.05, 0.1) is 26.4 Å². The van der Waals surface area contributed by atoms with Crippen LogP contribution in [0.5, 0.6) is 17.2 Å². The third kappa shape index (κ3) is 4.75. The first-order chi connectivity index (χ1) is 13.1. The molecule has 27 heavy (non-hydrogen) atoms. The zero-order valence-corrected chi connectivity index (χ0v) is 16.9. The first-order valence-electron chi connectivity index (χ1n) is 9.92. The molecule has 4 nitrogen and oxygen atoms in total. The number of fused-ring (bicyclic) bond motifs is 1. The highest BCUT2D eigenvalue weighted by Crippen LogP contribution is 2.36. The van der Waals surface area contributed by atoms with E-state index in [0.717, 1.165) is 36.6 Å². The fourth-order valence-corrected chi connectivity index (χ4v) is 3.48. The molecule has 0 radical (unpaired) electrons. The Kier molecular flexibility index (Phi) is 6.62. The largest absolute Gasteiger partial charge is 0.494 e. The van der Waals surface area contributed by atoms with Gasteiger partial charge in [0, 0.05) is 6.54 Å². The Hall–Kier alpha value is -2.20. The van der Waals surface area contributed by atoms with Gasteiger partial charge in [0.2, 0.25) is 0 Å². The molecule has 3 rings (SSSR count). The molecular weight excluding hydrogens is 338 g/mol. The van der Waals surface area contributed by atoms with Crippen molar-refractivity contribution in [1.82, 2.24) is 5.32 Å². The second-order valence-electron chi connectivity index (χ2n) is 7.37. The minimum atomic E-state index is 0.156. The van der Waals surface area contributed by atoms with E-state index in [1.165, 1.54) is 16.7 Å². The van der Waals surface area contributed by atoms with Crippen LogP contribution in [0.25, 0.3) is 0 Å². The minimum Gasteiger partial charge on any atom is -0.494 e. The number of methoxy groups -OCH3 is 1. The maximum absolute atomic E-state index is 5.93. The molecule has 1 atom stereocenters. The van der Waals surface area contributed by atoms with Crippen molar-refractivity contribution in [2.24, 2.45) is 5.92 Å². The molecule has 0 spiro atoms. The summed E-state index contributed by atoms with van der Waals surface area (Å²) in [7, 11) is 1.70. The van der Waals surface area contributed by atoms with Gasteiger partial charge in [-0.1, -0.05) is 26.0 Å². The molecular formula is C23H31NO3. The Labute approximate surface area is 162 Å². The van der Waals surface area contributed by atoms with Gasteiger partial charge in [0.15, 0.2) is 11.5 Å². The van der Waals surface area contributed by atoms with E-state index in [0.29, 0.717) is 19.1 Å². The number of ether oxygens (including phenoxy) is 3. The lowest BCUT2D eigenvalue weighted by Gasteiger charge is -2.28. The van der Waals surface area contributed by atoms with Gasteiger partial charge in [-0.2, -0.15) is 0 Å². The second-order valence-corrected chi connectivity index (χ2v) is 7.37. The molecule has 0 saturated carbocycles. The molecule has 2 aromatic carbocycles. The van der Waals surface area contributed by atoms with Crippen LogP contribution in [0.15, 0.2) is 36.4 Å². The van der Waals surface area contributed by atoms with Crippen LogP contribution in [0.3, 0.4) is 0 Å². The van der Waals surface area contributed by atoms with Crippen LogP contribution in [-0.2, 0) is 6.42 Å². The van der Waals surface area contributed by atoms with Gasteiger partial charge in [-0.05, 0) is 66.6 Å². The van der Waals surface area contributed by atoms with Crippen molar-refractivity contribution in [1.29, 1.82) is 0 Å². The monoisotopic (exact) mass is 369 g/mol. The van der Waals surface area contributed by atoms with Crippen LogP contribution in [0.2, 0.25) is 0 Å². The Balaban J connectivity index is 1.83. The molecule has 1 aliphatic rings. The van der Waals surface area contributed by atoms with E-state index < -0.39 is 0 Å². The van der Waals surface area contributed by atoms with Crippen molar-refractivity contribution in [3.63, 3.8) is 0 Å². The maximum atomic E-state index is 5.93. The third-order valence-corrected chi connectivity index (χ3v) is 4.95. The molecule has 1 unspecified atom stereocenters. The predicted molar refractivity (Wildman–Crippen MR) is 109 cm³/mol. The molecule has 146 valence electrons. The van der Waals surface area contributed by atoms with E-state index in [1.807, 2.05) is 13.0 Å². The van der Waals surface area contributed by atoms with E-state index in [1.54, 1.807) is 7.11 Å². The average molecular weight is 370 g/mol. The predicted octanol–water partition coefficient (Wildman–Crippen LogP) is 4.75. The maximum Gasteiger partial charge on any atom is 0.161 e. The summed E-state index contributed by atoms with van der Waals surface area (Å²) in [5, 5.41) is 3.63. The molecule has 0 aliphatic carbocycles. The summed E-state index contributed by atoms with van der Waals surface area (Å²) in [5.74, 6) is 3.17. The second kappa shape index (κ2) is 9.14. The van der Waals surface area contributed by atoms with Crippen LogP contribution < -0.4 is 19.5 Å². The molecule has 0 bridgehead atoms. The summed E-state index contributed by atoms with van der Waals surface area (Å²) in [6, 6.07) is 12.8. The fourth-order valence-electron chi connectivity index (χ4n) is 3.48. The van der Waals surface area contributed by atoms with Crippen molar-refractivity contribution in [3.05, 3.63) is 53.1 Å². The van der Waals surface area contributed by atoms with E-state index in [-0.39, 0.29) is 6.04 Å². The molecule has 4 heteroatoms. The molecule has 1 heterocycles. The highest BCUT2D eigenvalue weighted by molar-refractivity contribution is 5.49. The standard InChI is InChI=1S/C23H31NO3/c1-5-26-19-7-8-20-17(14-19)10-12-24-23(20)18-6-9-21(22(15-18)25-4)27-13-11-16(2)3/h6-9,14-16,23-24H,5,10-13H2,1-4H3. The van der Waals surface area contributed by atoms with Gasteiger partial charge in [-0.25, -0.2) is 0 Å². The van der Waals surface area contributed by atoms with Crippen LogP contribution in [0.1, 0.15) is 49.9 Å². The molecule has 1 aliphatic heterocycles. The Morgan fingerprint density at radius 1 is 1.07 bits per heavy atom. The average Bonchev–Trinajstić information content (AvgIpc) is 2.67. The summed E-state index contributed by atoms with van der Waals surface area (Å²) >= 11 is 0. The van der Waals surface area contributed by atoms with E-state index in [4.69, 9.17) is 14.2 Å². The highest BCUT2D eigenvalue weighted by Gasteiger charge is 2.23. The van der Waals surface area contributed by atoms with Gasteiger partial charge >= 0.3 is 0 Å². The topological polar surface area (TPSA) is 39.7 Å². The summed E-state index contributed by atoms with van der Waals surface area (Å²) in [5.41, 5.74) is 3.84. The zero-order valence-electron chi connectivity index (χ0n) is 16.9. The van der Waals surface area contributed by atoms with Crippen LogP contribution in [0, 0.1) is 5.92 Å². The van der Waals surface area contributed by atoms with Crippen LogP contribution in [0.4, 0.5) is 0 Å². The lowest BCUT2D eigenvalue weighted by molar-refractivity contribution is 0.272. The molecule has 0 amide bonds. The smallest absolute Gasteiger partial charge is 0.161 e. The van der Waals surface area contributed by atoms with Crippen molar-refractivity contribution < 1.29 is 14.2 Å². The van der Waals surface area contributed by atoms with Crippen molar-refractivity contribution in [2.45, 2.75) is 39.7 Å². The molecule has 0 saturated heterocycles. The minimum absolute atomic E-state index is 0.156. The van der Waals surface area contributed by atoms with Crippen LogP contribution >= 0.6 is 0 Å². The van der Waals surface area contributed by atoms with Gasteiger partial charge < -0.3 is 19.5 Å². The molecule has 2 aromatic rings. The lowest BCUT2D eigenvalue weighted by atomic mass is 9.89. The van der Waals surface area contributed by atoms with Gasteiger partial charge in [0.1, 0.15) is 5.75 Å². The van der Waals surface area contributed by atoms with Crippen LogP contribution in [-0.4, -0.2) is 26.9 Å². The molecule has 0 fully saturated rings. The van der Waals surface area contributed by atoms with Crippen molar-refractivity contribution in [2.75, 3.05) is 26.9 Å². The summed E-state index contributed by atoms with van der Waals surface area (Å²) < 4.78 is 17.2. The highest BCUT2D eigenvalue weighted by atomic mass is 16.5. The third-order valence-electron chi connectivity index (χ3n) is 4.95. The van der Waals surface area contributed by atoms with E-state index >= 15 is 0 Å². The number of benzene rings is 2. The summed E-state index contributed by atoms with van der Waals surface area (Å²) in [6.45, 7) is 8.76. The van der Waals surface area contributed by atoms with Crippen molar-refractivity contribution >= 4 is 0 Å². The number of rotatable bonds is 8. The van der Waals surface area contributed by atoms with Gasteiger partial charge in [0.25, 0.3) is 0 Å². The Bertz CT molecular complexity index is 757. The lowest BCUT2D eigenvalue weighted by Crippen LogP contribution is -2.30. The zero-order chi connectivity index (χ0) is 19.2. The van der Waals surface area contributed by atoms with Crippen molar-refractivity contribution in [3.8, 4) is 17.2 Å². The fraction of sp³-hybridized carbons (Fsp3) is 0.478. The summed E-state index contributed by atoms with van der Waals surface area (Å²) in [4.78, 5) is 0. The number of hydrogen-bond donors (Lipinski definition) is 1. The number of nitrogens with one attached hydrogen (secondary N) is 1. The Morgan fingerprint density at radius 3 is 2.67 bits per heavy atom. The number of hydrogen-bond acceptors (Lipinski definition) is 4. The van der Waals surface area contributed by atoms with Gasteiger partial charge in [-0.15, -0.1) is 0 Å². The SMILES string of the molecule is CCOc1ccc2c(c1)CCNC2c1ccc(OCCC(C)C)c(OC)c1. The first-order valence-corrected chi connectivity index (χ1v) is 9.92.